The van der Waals surface area contributed by atoms with Crippen LogP contribution in [0.3, 0.4) is 0 Å². The summed E-state index contributed by atoms with van der Waals surface area (Å²) in [6.07, 6.45) is 7.07. The van der Waals surface area contributed by atoms with Gasteiger partial charge in [-0.15, -0.1) is 0 Å². The number of likely N-dealkylation sites (tertiary alicyclic amines) is 1. The Balaban J connectivity index is 1.56. The van der Waals surface area contributed by atoms with E-state index in [1.807, 2.05) is 0 Å². The van der Waals surface area contributed by atoms with Gasteiger partial charge in [-0.25, -0.2) is 4.68 Å². The van der Waals surface area contributed by atoms with Crippen LogP contribution in [0.4, 0.5) is 26.2 Å². The van der Waals surface area contributed by atoms with Crippen molar-refractivity contribution >= 4 is 34.4 Å². The van der Waals surface area contributed by atoms with Gasteiger partial charge in [0.1, 0.15) is 5.82 Å². The predicted molar refractivity (Wildman–Crippen MR) is 102 cm³/mol. The van der Waals surface area contributed by atoms with Crippen molar-refractivity contribution in [2.24, 2.45) is 0 Å². The van der Waals surface area contributed by atoms with E-state index in [4.69, 9.17) is 0 Å². The number of nitrogens with one attached hydrogen (secondary N) is 3. The van der Waals surface area contributed by atoms with Gasteiger partial charge in [-0.3, -0.25) is 9.89 Å². The Morgan fingerprint density at radius 2 is 2.24 bits per heavy atom. The number of nitrogens with zero attached hydrogens (tertiary/aromatic N) is 6. The van der Waals surface area contributed by atoms with Crippen molar-refractivity contribution in [3.63, 3.8) is 0 Å². The van der Waals surface area contributed by atoms with Crippen molar-refractivity contribution in [2.45, 2.75) is 25.4 Å². The average Bonchev–Trinajstić information content (AvgIpc) is 3.37. The maximum absolute atomic E-state index is 12.7. The van der Waals surface area contributed by atoms with E-state index in [9.17, 15) is 13.6 Å². The number of rotatable bonds is 6. The fourth-order valence-corrected chi connectivity index (χ4v) is 3.26. The van der Waals surface area contributed by atoms with E-state index in [0.29, 0.717) is 40.3 Å². The average molecular weight is 403 g/mol. The standard InChI is InChI=1S/C17H19F2N9O/c1-2-13(29)27-5-3-4-10(8-27)22-14-12-7-20-26-15(12)25-17(24-14)23-11-6-21-28(9-11)16(18)19/h2,6-7,9-10,16H,1,3-5,8H2,(H3,20,22,23,24,25,26). The summed E-state index contributed by atoms with van der Waals surface area (Å²) < 4.78 is 25.9. The molecular weight excluding hydrogens is 384 g/mol. The number of carbonyl (C=O) groups is 1. The highest BCUT2D eigenvalue weighted by atomic mass is 19.3. The molecule has 4 heterocycles. The Kier molecular flexibility index (Phi) is 5.06. The van der Waals surface area contributed by atoms with Crippen LogP contribution in [-0.4, -0.2) is 59.9 Å². The molecule has 10 nitrogen and oxygen atoms in total. The number of amides is 1. The topological polar surface area (TPSA) is 117 Å². The summed E-state index contributed by atoms with van der Waals surface area (Å²) in [5.74, 6) is 0.629. The smallest absolute Gasteiger partial charge is 0.333 e. The van der Waals surface area contributed by atoms with Gasteiger partial charge < -0.3 is 15.5 Å². The zero-order chi connectivity index (χ0) is 20.4. The molecule has 3 aromatic heterocycles. The summed E-state index contributed by atoms with van der Waals surface area (Å²) in [6.45, 7) is 2.02. The number of anilines is 3. The van der Waals surface area contributed by atoms with Gasteiger partial charge >= 0.3 is 6.55 Å². The third-order valence-corrected chi connectivity index (χ3v) is 4.62. The highest BCUT2D eigenvalue weighted by molar-refractivity contribution is 5.88. The number of aromatic nitrogens is 6. The van der Waals surface area contributed by atoms with Crippen LogP contribution in [0, 0.1) is 0 Å². The monoisotopic (exact) mass is 403 g/mol. The second-order valence-corrected chi connectivity index (χ2v) is 6.61. The number of hydrogen-bond donors (Lipinski definition) is 3. The van der Waals surface area contributed by atoms with Gasteiger partial charge in [-0.05, 0) is 18.9 Å². The van der Waals surface area contributed by atoms with Gasteiger partial charge in [0.2, 0.25) is 11.9 Å². The number of aromatic amines is 1. The molecule has 1 aliphatic rings. The molecule has 1 saturated heterocycles. The first kappa shape index (κ1) is 18.8. The molecule has 1 fully saturated rings. The van der Waals surface area contributed by atoms with Gasteiger partial charge in [0.05, 0.1) is 29.7 Å². The Morgan fingerprint density at radius 3 is 3.00 bits per heavy atom. The molecule has 0 aliphatic carbocycles. The van der Waals surface area contributed by atoms with Crippen molar-refractivity contribution in [1.82, 2.24) is 34.8 Å². The van der Waals surface area contributed by atoms with Crippen molar-refractivity contribution in [3.05, 3.63) is 31.2 Å². The first-order chi connectivity index (χ1) is 14.0. The zero-order valence-electron chi connectivity index (χ0n) is 15.3. The van der Waals surface area contributed by atoms with Crippen molar-refractivity contribution in [3.8, 4) is 0 Å². The lowest BCUT2D eigenvalue weighted by atomic mass is 10.1. The van der Waals surface area contributed by atoms with Gasteiger partial charge in [-0.2, -0.15) is 28.9 Å². The zero-order valence-corrected chi connectivity index (χ0v) is 15.3. The van der Waals surface area contributed by atoms with Crippen LogP contribution < -0.4 is 10.6 Å². The molecular formula is C17H19F2N9O. The van der Waals surface area contributed by atoms with E-state index in [2.05, 4.69) is 42.5 Å². The maximum atomic E-state index is 12.7. The number of halogens is 2. The summed E-state index contributed by atoms with van der Waals surface area (Å²) in [6, 6.07) is -0.00455. The molecule has 0 spiro atoms. The van der Waals surface area contributed by atoms with Crippen LogP contribution in [0.5, 0.6) is 0 Å². The SMILES string of the molecule is C=CC(=O)N1CCCC(Nc2nc(Nc3cnn(C(F)F)c3)nc3[nH]ncc23)C1. The number of H-pyrrole nitrogens is 1. The molecule has 0 radical (unpaired) electrons. The first-order valence-electron chi connectivity index (χ1n) is 9.02. The molecule has 3 aromatic rings. The first-order valence-corrected chi connectivity index (χ1v) is 9.02. The Labute approximate surface area is 164 Å². The molecule has 0 aromatic carbocycles. The van der Waals surface area contributed by atoms with Crippen molar-refractivity contribution < 1.29 is 13.6 Å². The second-order valence-electron chi connectivity index (χ2n) is 6.61. The maximum Gasteiger partial charge on any atom is 0.333 e. The van der Waals surface area contributed by atoms with Gasteiger partial charge in [0.15, 0.2) is 5.65 Å². The van der Waals surface area contributed by atoms with Gasteiger partial charge in [0, 0.05) is 19.1 Å². The summed E-state index contributed by atoms with van der Waals surface area (Å²) in [5.41, 5.74) is 0.816. The Hall–Kier alpha value is -3.57. The second kappa shape index (κ2) is 7.81. The molecule has 29 heavy (non-hydrogen) atoms. The summed E-state index contributed by atoms with van der Waals surface area (Å²) >= 11 is 0. The molecule has 1 atom stereocenters. The summed E-state index contributed by atoms with van der Waals surface area (Å²) in [7, 11) is 0. The molecule has 0 saturated carbocycles. The lowest BCUT2D eigenvalue weighted by molar-refractivity contribution is -0.127. The van der Waals surface area contributed by atoms with E-state index in [1.165, 1.54) is 12.3 Å². The van der Waals surface area contributed by atoms with E-state index < -0.39 is 6.55 Å². The van der Waals surface area contributed by atoms with Crippen LogP contribution in [0.25, 0.3) is 11.0 Å². The Morgan fingerprint density at radius 1 is 1.38 bits per heavy atom. The molecule has 0 bridgehead atoms. The normalized spacial score (nSPS) is 16.9. The lowest BCUT2D eigenvalue weighted by Gasteiger charge is -2.32. The Bertz CT molecular complexity index is 1030. The van der Waals surface area contributed by atoms with Gasteiger partial charge in [0.25, 0.3) is 0 Å². The number of fused-ring (bicyclic) bond motifs is 1. The number of carbonyl (C=O) groups excluding carboxylic acids is 1. The van der Waals surface area contributed by atoms with Crippen LogP contribution in [0.1, 0.15) is 19.4 Å². The number of alkyl halides is 2. The van der Waals surface area contributed by atoms with Crippen molar-refractivity contribution in [2.75, 3.05) is 23.7 Å². The minimum atomic E-state index is -2.73. The molecule has 1 amide bonds. The summed E-state index contributed by atoms with van der Waals surface area (Å²) in [5, 5.41) is 17.3. The summed E-state index contributed by atoms with van der Waals surface area (Å²) in [4.78, 5) is 22.4. The van der Waals surface area contributed by atoms with Crippen LogP contribution in [0.2, 0.25) is 0 Å². The molecule has 4 rings (SSSR count). The van der Waals surface area contributed by atoms with Gasteiger partial charge in [-0.1, -0.05) is 6.58 Å². The highest BCUT2D eigenvalue weighted by Gasteiger charge is 2.23. The van der Waals surface area contributed by atoms with E-state index >= 15 is 0 Å². The lowest BCUT2D eigenvalue weighted by Crippen LogP contribution is -2.44. The minimum Gasteiger partial charge on any atom is -0.365 e. The van der Waals surface area contributed by atoms with E-state index in [0.717, 1.165) is 19.0 Å². The van der Waals surface area contributed by atoms with E-state index in [1.54, 1.807) is 11.1 Å². The van der Waals surface area contributed by atoms with Crippen LogP contribution >= 0.6 is 0 Å². The minimum absolute atomic E-state index is 0.00455. The molecule has 12 heteroatoms. The molecule has 152 valence electrons. The molecule has 3 N–H and O–H groups in total. The molecule has 1 aliphatic heterocycles. The molecule has 1 unspecified atom stereocenters. The fourth-order valence-electron chi connectivity index (χ4n) is 3.26. The fraction of sp³-hybridized carbons (Fsp3) is 0.353. The largest absolute Gasteiger partial charge is 0.365 e. The number of hydrogen-bond acceptors (Lipinski definition) is 7. The third-order valence-electron chi connectivity index (χ3n) is 4.62. The van der Waals surface area contributed by atoms with E-state index in [-0.39, 0.29) is 17.9 Å². The third kappa shape index (κ3) is 4.00. The quantitative estimate of drug-likeness (QED) is 0.541. The predicted octanol–water partition coefficient (Wildman–Crippen LogP) is 2.28. The van der Waals surface area contributed by atoms with Crippen LogP contribution in [0.15, 0.2) is 31.2 Å². The van der Waals surface area contributed by atoms with Crippen LogP contribution in [-0.2, 0) is 4.79 Å². The van der Waals surface area contributed by atoms with Crippen molar-refractivity contribution in [1.29, 1.82) is 0 Å². The number of piperidine rings is 1. The highest BCUT2D eigenvalue weighted by Crippen LogP contribution is 2.25.